The fourth-order valence-corrected chi connectivity index (χ4v) is 4.94. The Morgan fingerprint density at radius 2 is 2.11 bits per heavy atom. The number of hydrogen-bond donors (Lipinski definition) is 2. The Morgan fingerprint density at radius 1 is 1.32 bits per heavy atom. The second-order valence-electron chi connectivity index (χ2n) is 9.11. The average Bonchev–Trinajstić information content (AvgIpc) is 3.25. The molecule has 2 fully saturated rings. The van der Waals surface area contributed by atoms with Crippen molar-refractivity contribution in [3.63, 3.8) is 0 Å². The second-order valence-corrected chi connectivity index (χ2v) is 9.11. The minimum Gasteiger partial charge on any atom is -0.377 e. The van der Waals surface area contributed by atoms with E-state index in [0.717, 1.165) is 56.6 Å². The third-order valence-corrected chi connectivity index (χ3v) is 6.44. The highest BCUT2D eigenvalue weighted by atomic mass is 127. The van der Waals surface area contributed by atoms with Gasteiger partial charge in [-0.15, -0.1) is 24.0 Å². The maximum absolute atomic E-state index is 5.93. The molecule has 4 atom stereocenters. The summed E-state index contributed by atoms with van der Waals surface area (Å²) < 4.78 is 8.01. The fourth-order valence-electron chi connectivity index (χ4n) is 4.94. The monoisotopic (exact) mass is 502 g/mol. The van der Waals surface area contributed by atoms with Gasteiger partial charge in [-0.2, -0.15) is 5.10 Å². The highest BCUT2D eigenvalue weighted by molar-refractivity contribution is 14.0. The number of fused-ring (bicyclic) bond motifs is 2. The van der Waals surface area contributed by atoms with Gasteiger partial charge in [0.25, 0.3) is 0 Å². The maximum Gasteiger partial charge on any atom is 0.191 e. The van der Waals surface area contributed by atoms with Gasteiger partial charge in [0.15, 0.2) is 11.8 Å². The minimum atomic E-state index is 0. The number of nitrogens with zero attached hydrogens (tertiary/aromatic N) is 4. The van der Waals surface area contributed by atoms with Crippen molar-refractivity contribution in [2.45, 2.75) is 84.5 Å². The smallest absolute Gasteiger partial charge is 0.191 e. The Balaban J connectivity index is 0.00000225. The number of aliphatic imine (C=N–C) groups is 1. The molecule has 2 N–H and O–H groups in total. The van der Waals surface area contributed by atoms with Gasteiger partial charge in [-0.1, -0.05) is 27.7 Å². The highest BCUT2D eigenvalue weighted by Crippen LogP contribution is 2.52. The molecule has 4 rings (SSSR count). The Labute approximate surface area is 185 Å². The average molecular weight is 502 g/mol. The summed E-state index contributed by atoms with van der Waals surface area (Å²) in [7, 11) is 0. The Kier molecular flexibility index (Phi) is 6.58. The molecule has 1 aromatic rings. The van der Waals surface area contributed by atoms with Crippen LogP contribution in [0.5, 0.6) is 0 Å². The summed E-state index contributed by atoms with van der Waals surface area (Å²) in [5.41, 5.74) is 0.148. The lowest BCUT2D eigenvalue weighted by atomic mass is 9.57. The molecule has 0 spiro atoms. The molecule has 28 heavy (non-hydrogen) atoms. The van der Waals surface area contributed by atoms with E-state index in [1.807, 2.05) is 0 Å². The molecule has 0 radical (unpaired) electrons. The quantitative estimate of drug-likeness (QED) is 0.376. The molecule has 158 valence electrons. The number of hydrogen-bond acceptors (Lipinski definition) is 4. The fraction of sp³-hybridized carbons (Fsp3) is 0.850. The molecular formula is C20H35IN6O. The van der Waals surface area contributed by atoms with Crippen LogP contribution in [0.3, 0.4) is 0 Å². The lowest BCUT2D eigenvalue weighted by Crippen LogP contribution is -2.68. The predicted molar refractivity (Wildman–Crippen MR) is 121 cm³/mol. The summed E-state index contributed by atoms with van der Waals surface area (Å²) >= 11 is 0. The molecule has 1 saturated carbocycles. The van der Waals surface area contributed by atoms with Crippen LogP contribution in [0.25, 0.3) is 0 Å². The summed E-state index contributed by atoms with van der Waals surface area (Å²) in [5, 5.41) is 12.1. The van der Waals surface area contributed by atoms with Gasteiger partial charge in [0.2, 0.25) is 0 Å². The van der Waals surface area contributed by atoms with Crippen molar-refractivity contribution in [2.75, 3.05) is 13.2 Å². The zero-order valence-corrected chi connectivity index (χ0v) is 20.1. The van der Waals surface area contributed by atoms with Gasteiger partial charge in [0.1, 0.15) is 5.82 Å². The molecular weight excluding hydrogens is 467 g/mol. The summed E-state index contributed by atoms with van der Waals surface area (Å²) in [4.78, 5) is 9.41. The number of aromatic nitrogens is 3. The van der Waals surface area contributed by atoms with Gasteiger partial charge in [0, 0.05) is 48.9 Å². The van der Waals surface area contributed by atoms with Crippen LogP contribution in [0.2, 0.25) is 0 Å². The third-order valence-electron chi connectivity index (χ3n) is 6.44. The number of guanidine groups is 1. The van der Waals surface area contributed by atoms with Crippen LogP contribution < -0.4 is 10.6 Å². The van der Waals surface area contributed by atoms with Crippen molar-refractivity contribution >= 4 is 29.9 Å². The van der Waals surface area contributed by atoms with Gasteiger partial charge in [-0.3, -0.25) is 4.99 Å². The van der Waals surface area contributed by atoms with E-state index in [1.54, 1.807) is 0 Å². The van der Waals surface area contributed by atoms with E-state index in [1.165, 1.54) is 0 Å². The molecule has 0 bridgehead atoms. The van der Waals surface area contributed by atoms with Crippen LogP contribution in [0.1, 0.15) is 65.0 Å². The molecule has 3 aliphatic rings. The van der Waals surface area contributed by atoms with E-state index < -0.39 is 0 Å². The molecule has 8 heteroatoms. The number of halogens is 1. The van der Waals surface area contributed by atoms with Gasteiger partial charge in [-0.25, -0.2) is 9.67 Å². The van der Waals surface area contributed by atoms with Crippen LogP contribution in [0.15, 0.2) is 4.99 Å². The van der Waals surface area contributed by atoms with Gasteiger partial charge < -0.3 is 15.4 Å². The first-order chi connectivity index (χ1) is 12.9. The minimum absolute atomic E-state index is 0. The molecule has 4 unspecified atom stereocenters. The Bertz CT molecular complexity index is 716. The van der Waals surface area contributed by atoms with E-state index >= 15 is 0 Å². The van der Waals surface area contributed by atoms with Crippen molar-refractivity contribution in [3.05, 3.63) is 11.6 Å². The SMILES string of the molecule is CCN=C(NC1CCc2nc(C(C)C)nn2C1)NC1C2CCOC2C1(C)C.I. The molecule has 0 amide bonds. The summed E-state index contributed by atoms with van der Waals surface area (Å²) in [6, 6.07) is 0.747. The lowest BCUT2D eigenvalue weighted by molar-refractivity contribution is -0.106. The zero-order chi connectivity index (χ0) is 19.2. The van der Waals surface area contributed by atoms with Crippen LogP contribution in [-0.4, -0.2) is 52.1 Å². The van der Waals surface area contributed by atoms with Gasteiger partial charge >= 0.3 is 0 Å². The topological polar surface area (TPSA) is 76.4 Å². The van der Waals surface area contributed by atoms with E-state index in [9.17, 15) is 0 Å². The molecule has 2 aliphatic heterocycles. The number of aryl methyl sites for hydroxylation is 1. The Hall–Kier alpha value is -0.900. The van der Waals surface area contributed by atoms with Crippen LogP contribution in [0, 0.1) is 11.3 Å². The summed E-state index contributed by atoms with van der Waals surface area (Å²) in [5.74, 6) is 3.97. The van der Waals surface area contributed by atoms with Crippen molar-refractivity contribution in [1.82, 2.24) is 25.4 Å². The van der Waals surface area contributed by atoms with Crippen molar-refractivity contribution in [3.8, 4) is 0 Å². The standard InChI is InChI=1S/C20H34N6O.HI/c1-6-21-19(24-16-14-9-10-27-17(14)20(16,4)5)22-13-7-8-15-23-18(12(2)3)25-26(15)11-13;/h12-14,16-17H,6-11H2,1-5H3,(H2,21,22,24);1H. The number of nitrogens with one attached hydrogen (secondary N) is 2. The van der Waals surface area contributed by atoms with Crippen LogP contribution in [-0.2, 0) is 17.7 Å². The first-order valence-corrected chi connectivity index (χ1v) is 10.5. The molecule has 1 aliphatic carbocycles. The lowest BCUT2D eigenvalue weighted by Gasteiger charge is -2.55. The predicted octanol–water partition coefficient (Wildman–Crippen LogP) is 2.70. The van der Waals surface area contributed by atoms with Crippen LogP contribution >= 0.6 is 24.0 Å². The zero-order valence-electron chi connectivity index (χ0n) is 17.7. The maximum atomic E-state index is 5.93. The first kappa shape index (κ1) is 21.8. The second kappa shape index (κ2) is 8.45. The largest absolute Gasteiger partial charge is 0.377 e. The normalized spacial score (nSPS) is 30.9. The van der Waals surface area contributed by atoms with E-state index in [2.05, 4.69) is 49.9 Å². The van der Waals surface area contributed by atoms with E-state index in [4.69, 9.17) is 19.8 Å². The molecule has 1 aromatic heterocycles. The Morgan fingerprint density at radius 3 is 2.82 bits per heavy atom. The highest BCUT2D eigenvalue weighted by Gasteiger charge is 2.59. The molecule has 7 nitrogen and oxygen atoms in total. The van der Waals surface area contributed by atoms with Crippen LogP contribution in [0.4, 0.5) is 0 Å². The first-order valence-electron chi connectivity index (χ1n) is 10.5. The number of rotatable bonds is 4. The molecule has 1 saturated heterocycles. The third kappa shape index (κ3) is 3.91. The summed E-state index contributed by atoms with van der Waals surface area (Å²) in [6.07, 6.45) is 3.56. The van der Waals surface area contributed by atoms with Gasteiger partial charge in [0.05, 0.1) is 12.6 Å². The van der Waals surface area contributed by atoms with Crippen molar-refractivity contribution in [2.24, 2.45) is 16.3 Å². The number of ether oxygens (including phenoxy) is 1. The van der Waals surface area contributed by atoms with Crippen molar-refractivity contribution < 1.29 is 4.74 Å². The molecule has 0 aromatic carbocycles. The van der Waals surface area contributed by atoms with E-state index in [0.29, 0.717) is 30.0 Å². The van der Waals surface area contributed by atoms with Gasteiger partial charge in [-0.05, 0) is 19.8 Å². The summed E-state index contributed by atoms with van der Waals surface area (Å²) in [6.45, 7) is 13.5. The molecule has 3 heterocycles. The van der Waals surface area contributed by atoms with E-state index in [-0.39, 0.29) is 29.4 Å². The van der Waals surface area contributed by atoms with Crippen molar-refractivity contribution in [1.29, 1.82) is 0 Å².